The standard InChI is InChI=1S/C15H21N3O/c1-10(2)12(16)13-17-14(19-18-13)15(3,4)11-8-6-5-7-9-11/h5-10,12H,16H2,1-4H3. The van der Waals surface area contributed by atoms with Gasteiger partial charge in [-0.05, 0) is 25.3 Å². The molecule has 0 aliphatic carbocycles. The largest absolute Gasteiger partial charge is 0.338 e. The van der Waals surface area contributed by atoms with Crippen molar-refractivity contribution in [2.75, 3.05) is 0 Å². The van der Waals surface area contributed by atoms with Crippen molar-refractivity contribution in [2.45, 2.75) is 39.2 Å². The molecule has 4 nitrogen and oxygen atoms in total. The third-order valence-corrected chi connectivity index (χ3v) is 3.49. The van der Waals surface area contributed by atoms with Gasteiger partial charge in [-0.3, -0.25) is 0 Å². The molecule has 0 fully saturated rings. The van der Waals surface area contributed by atoms with E-state index in [0.29, 0.717) is 11.7 Å². The minimum absolute atomic E-state index is 0.191. The summed E-state index contributed by atoms with van der Waals surface area (Å²) in [5.41, 5.74) is 6.87. The molecule has 0 aliphatic rings. The lowest BCUT2D eigenvalue weighted by Gasteiger charge is -2.20. The fourth-order valence-corrected chi connectivity index (χ4v) is 1.90. The first-order valence-corrected chi connectivity index (χ1v) is 6.58. The van der Waals surface area contributed by atoms with Crippen LogP contribution in [0.3, 0.4) is 0 Å². The van der Waals surface area contributed by atoms with Crippen molar-refractivity contribution in [2.24, 2.45) is 11.7 Å². The monoisotopic (exact) mass is 259 g/mol. The zero-order chi connectivity index (χ0) is 14.0. The second-order valence-corrected chi connectivity index (χ2v) is 5.72. The van der Waals surface area contributed by atoms with E-state index in [-0.39, 0.29) is 17.4 Å². The molecule has 1 unspecified atom stereocenters. The van der Waals surface area contributed by atoms with E-state index >= 15 is 0 Å². The van der Waals surface area contributed by atoms with Crippen molar-refractivity contribution in [1.29, 1.82) is 0 Å². The minimum Gasteiger partial charge on any atom is -0.338 e. The van der Waals surface area contributed by atoms with Crippen LogP contribution in [0, 0.1) is 5.92 Å². The molecule has 19 heavy (non-hydrogen) atoms. The van der Waals surface area contributed by atoms with Gasteiger partial charge in [-0.15, -0.1) is 0 Å². The van der Waals surface area contributed by atoms with Crippen molar-refractivity contribution in [1.82, 2.24) is 10.1 Å². The SMILES string of the molecule is CC(C)C(N)c1noc(C(C)(C)c2ccccc2)n1. The lowest BCUT2D eigenvalue weighted by molar-refractivity contribution is 0.325. The Labute approximate surface area is 114 Å². The second-order valence-electron chi connectivity index (χ2n) is 5.72. The summed E-state index contributed by atoms with van der Waals surface area (Å²) < 4.78 is 5.41. The molecular formula is C15H21N3O. The fourth-order valence-electron chi connectivity index (χ4n) is 1.90. The highest BCUT2D eigenvalue weighted by molar-refractivity contribution is 5.29. The van der Waals surface area contributed by atoms with Gasteiger partial charge >= 0.3 is 0 Å². The Morgan fingerprint density at radius 2 is 1.79 bits per heavy atom. The highest BCUT2D eigenvalue weighted by Crippen LogP contribution is 2.30. The predicted octanol–water partition coefficient (Wildman–Crippen LogP) is 3.05. The molecule has 0 aliphatic heterocycles. The van der Waals surface area contributed by atoms with E-state index in [4.69, 9.17) is 10.3 Å². The minimum atomic E-state index is -0.316. The molecule has 102 valence electrons. The summed E-state index contributed by atoms with van der Waals surface area (Å²) in [6.07, 6.45) is 0. The van der Waals surface area contributed by atoms with Crippen LogP contribution in [0.4, 0.5) is 0 Å². The quantitative estimate of drug-likeness (QED) is 0.916. The Balaban J connectivity index is 2.32. The van der Waals surface area contributed by atoms with Gasteiger partial charge in [0, 0.05) is 0 Å². The molecule has 1 atom stereocenters. The smallest absolute Gasteiger partial charge is 0.236 e. The molecule has 1 aromatic carbocycles. The van der Waals surface area contributed by atoms with Crippen molar-refractivity contribution in [3.05, 3.63) is 47.6 Å². The average molecular weight is 259 g/mol. The van der Waals surface area contributed by atoms with Gasteiger partial charge in [0.2, 0.25) is 5.89 Å². The molecule has 2 N–H and O–H groups in total. The van der Waals surface area contributed by atoms with Crippen LogP contribution in [0.15, 0.2) is 34.9 Å². The molecular weight excluding hydrogens is 238 g/mol. The molecule has 1 aromatic heterocycles. The van der Waals surface area contributed by atoms with Gasteiger partial charge in [-0.1, -0.05) is 49.3 Å². The zero-order valence-electron chi connectivity index (χ0n) is 11.9. The van der Waals surface area contributed by atoms with E-state index in [0.717, 1.165) is 5.56 Å². The lowest BCUT2D eigenvalue weighted by Crippen LogP contribution is -2.21. The highest BCUT2D eigenvalue weighted by atomic mass is 16.5. The van der Waals surface area contributed by atoms with E-state index in [9.17, 15) is 0 Å². The molecule has 0 amide bonds. The average Bonchev–Trinajstić information content (AvgIpc) is 2.89. The van der Waals surface area contributed by atoms with Crippen molar-refractivity contribution in [3.63, 3.8) is 0 Å². The number of aromatic nitrogens is 2. The van der Waals surface area contributed by atoms with Crippen LogP contribution in [-0.2, 0) is 5.41 Å². The van der Waals surface area contributed by atoms with Crippen LogP contribution in [0.25, 0.3) is 0 Å². The van der Waals surface area contributed by atoms with Crippen molar-refractivity contribution in [3.8, 4) is 0 Å². The molecule has 4 heteroatoms. The van der Waals surface area contributed by atoms with E-state index in [1.807, 2.05) is 32.0 Å². The first kappa shape index (κ1) is 13.7. The Hall–Kier alpha value is -1.68. The van der Waals surface area contributed by atoms with Gasteiger partial charge < -0.3 is 10.3 Å². The molecule has 0 saturated carbocycles. The van der Waals surface area contributed by atoms with Gasteiger partial charge in [-0.25, -0.2) is 0 Å². The molecule has 0 radical (unpaired) electrons. The van der Waals surface area contributed by atoms with Crippen molar-refractivity contribution < 1.29 is 4.52 Å². The maximum Gasteiger partial charge on any atom is 0.236 e. The van der Waals surface area contributed by atoms with Gasteiger partial charge in [0.1, 0.15) is 0 Å². The molecule has 0 spiro atoms. The first-order chi connectivity index (χ1) is 8.93. The summed E-state index contributed by atoms with van der Waals surface area (Å²) in [7, 11) is 0. The summed E-state index contributed by atoms with van der Waals surface area (Å²) in [5.74, 6) is 1.46. The Morgan fingerprint density at radius 3 is 2.37 bits per heavy atom. The summed E-state index contributed by atoms with van der Waals surface area (Å²) in [6.45, 7) is 8.23. The summed E-state index contributed by atoms with van der Waals surface area (Å²) in [4.78, 5) is 4.48. The normalized spacial score (nSPS) is 13.8. The third kappa shape index (κ3) is 2.68. The summed E-state index contributed by atoms with van der Waals surface area (Å²) in [5, 5.41) is 4.02. The van der Waals surface area contributed by atoms with Gasteiger partial charge in [0.25, 0.3) is 0 Å². The van der Waals surface area contributed by atoms with Crippen LogP contribution in [0.5, 0.6) is 0 Å². The maximum atomic E-state index is 6.05. The maximum absolute atomic E-state index is 6.05. The Morgan fingerprint density at radius 1 is 1.16 bits per heavy atom. The molecule has 0 saturated heterocycles. The van der Waals surface area contributed by atoms with E-state index in [1.54, 1.807) is 0 Å². The molecule has 2 rings (SSSR count). The van der Waals surface area contributed by atoms with Crippen LogP contribution in [-0.4, -0.2) is 10.1 Å². The van der Waals surface area contributed by atoms with Crippen molar-refractivity contribution >= 4 is 0 Å². The van der Waals surface area contributed by atoms with Gasteiger partial charge in [0.05, 0.1) is 11.5 Å². The molecule has 1 heterocycles. The topological polar surface area (TPSA) is 64.9 Å². The number of nitrogens with zero attached hydrogens (tertiary/aromatic N) is 2. The van der Waals surface area contributed by atoms with Gasteiger partial charge in [0.15, 0.2) is 5.82 Å². The fraction of sp³-hybridized carbons (Fsp3) is 0.467. The van der Waals surface area contributed by atoms with E-state index < -0.39 is 0 Å². The molecule has 2 aromatic rings. The number of nitrogens with two attached hydrogens (primary N) is 1. The van der Waals surface area contributed by atoms with E-state index in [2.05, 4.69) is 36.1 Å². The Kier molecular flexibility index (Phi) is 3.71. The molecule has 0 bridgehead atoms. The lowest BCUT2D eigenvalue weighted by atomic mass is 9.84. The van der Waals surface area contributed by atoms with Crippen LogP contribution in [0.1, 0.15) is 51.0 Å². The second kappa shape index (κ2) is 5.13. The number of hydrogen-bond acceptors (Lipinski definition) is 4. The number of hydrogen-bond donors (Lipinski definition) is 1. The van der Waals surface area contributed by atoms with Crippen LogP contribution in [0.2, 0.25) is 0 Å². The Bertz CT molecular complexity index is 531. The van der Waals surface area contributed by atoms with Crippen LogP contribution >= 0.6 is 0 Å². The summed E-state index contributed by atoms with van der Waals surface area (Å²) in [6, 6.07) is 9.94. The number of benzene rings is 1. The van der Waals surface area contributed by atoms with E-state index in [1.165, 1.54) is 0 Å². The summed E-state index contributed by atoms with van der Waals surface area (Å²) >= 11 is 0. The number of rotatable bonds is 4. The highest BCUT2D eigenvalue weighted by Gasteiger charge is 2.30. The van der Waals surface area contributed by atoms with Gasteiger partial charge in [-0.2, -0.15) is 4.98 Å². The first-order valence-electron chi connectivity index (χ1n) is 6.58. The third-order valence-electron chi connectivity index (χ3n) is 3.49. The van der Waals surface area contributed by atoms with Crippen LogP contribution < -0.4 is 5.73 Å². The zero-order valence-corrected chi connectivity index (χ0v) is 11.9. The predicted molar refractivity (Wildman–Crippen MR) is 74.6 cm³/mol.